The van der Waals surface area contributed by atoms with Crippen molar-refractivity contribution in [2.45, 2.75) is 19.4 Å². The lowest BCUT2D eigenvalue weighted by atomic mass is 10.4. The number of rotatable bonds is 4. The van der Waals surface area contributed by atoms with Crippen LogP contribution in [-0.4, -0.2) is 34.5 Å². The minimum absolute atomic E-state index is 0.514. The Morgan fingerprint density at radius 2 is 1.77 bits per heavy atom. The van der Waals surface area contributed by atoms with Crippen molar-refractivity contribution in [3.05, 3.63) is 12.7 Å². The lowest BCUT2D eigenvalue weighted by Gasteiger charge is -2.18. The first-order valence-corrected chi connectivity index (χ1v) is 3.53. The SMILES string of the molecule is C=CC(=O)NC(O)C(O)NC(C)=O. The van der Waals surface area contributed by atoms with Crippen LogP contribution in [0.1, 0.15) is 6.92 Å². The molecule has 6 heteroatoms. The molecule has 0 aromatic heterocycles. The average molecular weight is 188 g/mol. The van der Waals surface area contributed by atoms with Crippen molar-refractivity contribution in [2.24, 2.45) is 0 Å². The molecule has 4 N–H and O–H groups in total. The van der Waals surface area contributed by atoms with Gasteiger partial charge < -0.3 is 20.8 Å². The van der Waals surface area contributed by atoms with Gasteiger partial charge in [-0.3, -0.25) is 9.59 Å². The number of carbonyl (C=O) groups excluding carboxylic acids is 2. The molecule has 6 nitrogen and oxygen atoms in total. The van der Waals surface area contributed by atoms with Crippen molar-refractivity contribution < 1.29 is 19.8 Å². The van der Waals surface area contributed by atoms with Gasteiger partial charge >= 0.3 is 0 Å². The maximum atomic E-state index is 10.6. The van der Waals surface area contributed by atoms with Crippen molar-refractivity contribution in [2.75, 3.05) is 0 Å². The Morgan fingerprint density at radius 3 is 2.15 bits per heavy atom. The zero-order chi connectivity index (χ0) is 10.4. The normalized spacial score (nSPS) is 14.1. The van der Waals surface area contributed by atoms with Crippen molar-refractivity contribution in [1.82, 2.24) is 10.6 Å². The maximum absolute atomic E-state index is 10.6. The summed E-state index contributed by atoms with van der Waals surface area (Å²) in [6.07, 6.45) is -2.14. The molecule has 2 amide bonds. The summed E-state index contributed by atoms with van der Waals surface area (Å²) in [4.78, 5) is 21.0. The monoisotopic (exact) mass is 188 g/mol. The molecule has 0 heterocycles. The van der Waals surface area contributed by atoms with E-state index >= 15 is 0 Å². The molecule has 0 saturated carbocycles. The second kappa shape index (κ2) is 5.28. The summed E-state index contributed by atoms with van der Waals surface area (Å²) >= 11 is 0. The van der Waals surface area contributed by atoms with Gasteiger partial charge in [-0.1, -0.05) is 6.58 Å². The largest absolute Gasteiger partial charge is 0.369 e. The van der Waals surface area contributed by atoms with Crippen LogP contribution < -0.4 is 10.6 Å². The Hall–Kier alpha value is -1.40. The van der Waals surface area contributed by atoms with Crippen LogP contribution in [0.3, 0.4) is 0 Å². The zero-order valence-electron chi connectivity index (χ0n) is 7.15. The minimum Gasteiger partial charge on any atom is -0.369 e. The Kier molecular flexibility index (Phi) is 4.71. The third-order valence-electron chi connectivity index (χ3n) is 1.13. The lowest BCUT2D eigenvalue weighted by Crippen LogP contribution is -2.50. The number of hydrogen-bond acceptors (Lipinski definition) is 4. The van der Waals surface area contributed by atoms with Gasteiger partial charge in [0.2, 0.25) is 11.8 Å². The van der Waals surface area contributed by atoms with Crippen LogP contribution in [0.15, 0.2) is 12.7 Å². The Balaban J connectivity index is 3.95. The molecule has 0 aliphatic carbocycles. The van der Waals surface area contributed by atoms with Gasteiger partial charge in [-0.25, -0.2) is 0 Å². The molecule has 0 aromatic rings. The van der Waals surface area contributed by atoms with Crippen LogP contribution in [-0.2, 0) is 9.59 Å². The molecule has 0 aliphatic rings. The van der Waals surface area contributed by atoms with Crippen LogP contribution >= 0.6 is 0 Å². The second-order valence-corrected chi connectivity index (χ2v) is 2.30. The number of nitrogens with one attached hydrogen (secondary N) is 2. The first-order valence-electron chi connectivity index (χ1n) is 3.53. The lowest BCUT2D eigenvalue weighted by molar-refractivity contribution is -0.130. The smallest absolute Gasteiger partial charge is 0.245 e. The topological polar surface area (TPSA) is 98.7 Å². The minimum atomic E-state index is -1.55. The molecule has 2 atom stereocenters. The van der Waals surface area contributed by atoms with Gasteiger partial charge in [-0.05, 0) is 6.08 Å². The number of carbonyl (C=O) groups is 2. The highest BCUT2D eigenvalue weighted by Crippen LogP contribution is 1.85. The van der Waals surface area contributed by atoms with E-state index in [1.165, 1.54) is 6.92 Å². The zero-order valence-corrected chi connectivity index (χ0v) is 7.15. The highest BCUT2D eigenvalue weighted by molar-refractivity contribution is 5.87. The van der Waals surface area contributed by atoms with Gasteiger partial charge in [-0.15, -0.1) is 0 Å². The van der Waals surface area contributed by atoms with Gasteiger partial charge in [0.05, 0.1) is 0 Å². The van der Waals surface area contributed by atoms with E-state index < -0.39 is 24.3 Å². The molecule has 0 radical (unpaired) electrons. The number of aliphatic hydroxyl groups excluding tert-OH is 2. The Bertz CT molecular complexity index is 217. The molecule has 0 rings (SSSR count). The summed E-state index contributed by atoms with van der Waals surface area (Å²) in [6, 6.07) is 0. The fourth-order valence-corrected chi connectivity index (χ4v) is 0.571. The van der Waals surface area contributed by atoms with Crippen molar-refractivity contribution in [3.63, 3.8) is 0 Å². The molecule has 13 heavy (non-hydrogen) atoms. The van der Waals surface area contributed by atoms with Crippen LogP contribution in [0.2, 0.25) is 0 Å². The summed E-state index contributed by atoms with van der Waals surface area (Å²) < 4.78 is 0. The number of amides is 2. The van der Waals surface area contributed by atoms with Crippen LogP contribution in [0, 0.1) is 0 Å². The number of aliphatic hydroxyl groups is 2. The fraction of sp³-hybridized carbons (Fsp3) is 0.429. The standard InChI is InChI=1S/C7H12N2O4/c1-3-5(11)9-7(13)6(12)8-4(2)10/h3,6-7,12-13H,1H2,2H3,(H,8,10)(H,9,11). The molecule has 0 bridgehead atoms. The predicted octanol–water partition coefficient (Wildman–Crippen LogP) is -1.94. The number of hydrogen-bond donors (Lipinski definition) is 4. The van der Waals surface area contributed by atoms with E-state index in [9.17, 15) is 9.59 Å². The molecule has 0 fully saturated rings. The average Bonchev–Trinajstić information content (AvgIpc) is 2.02. The first kappa shape index (κ1) is 11.6. The maximum Gasteiger partial charge on any atom is 0.245 e. The van der Waals surface area contributed by atoms with Gasteiger partial charge in [0.1, 0.15) is 0 Å². The first-order chi connectivity index (χ1) is 5.97. The Labute approximate surface area is 75.3 Å². The summed E-state index contributed by atoms with van der Waals surface area (Å²) in [6.45, 7) is 4.31. The van der Waals surface area contributed by atoms with Crippen LogP contribution in [0.4, 0.5) is 0 Å². The van der Waals surface area contributed by atoms with Crippen molar-refractivity contribution in [1.29, 1.82) is 0 Å². The van der Waals surface area contributed by atoms with E-state index in [1.54, 1.807) is 0 Å². The highest BCUT2D eigenvalue weighted by Gasteiger charge is 2.17. The summed E-state index contributed by atoms with van der Waals surface area (Å²) in [7, 11) is 0. The van der Waals surface area contributed by atoms with Gasteiger partial charge in [0.25, 0.3) is 0 Å². The summed E-state index contributed by atoms with van der Waals surface area (Å²) in [5, 5.41) is 22.0. The van der Waals surface area contributed by atoms with Crippen molar-refractivity contribution in [3.8, 4) is 0 Å². The third-order valence-corrected chi connectivity index (χ3v) is 1.13. The van der Waals surface area contributed by atoms with Crippen LogP contribution in [0.5, 0.6) is 0 Å². The Morgan fingerprint density at radius 1 is 1.31 bits per heavy atom. The molecular formula is C7H12N2O4. The molecule has 0 spiro atoms. The molecule has 0 aliphatic heterocycles. The van der Waals surface area contributed by atoms with E-state index in [1.807, 2.05) is 10.6 Å². The molecular weight excluding hydrogens is 176 g/mol. The second-order valence-electron chi connectivity index (χ2n) is 2.30. The molecule has 0 saturated heterocycles. The fourth-order valence-electron chi connectivity index (χ4n) is 0.571. The summed E-state index contributed by atoms with van der Waals surface area (Å²) in [5.74, 6) is -1.16. The molecule has 74 valence electrons. The van der Waals surface area contributed by atoms with E-state index in [0.29, 0.717) is 0 Å². The summed E-state index contributed by atoms with van der Waals surface area (Å²) in [5.41, 5.74) is 0. The quantitative estimate of drug-likeness (QED) is 0.305. The van der Waals surface area contributed by atoms with E-state index in [0.717, 1.165) is 6.08 Å². The van der Waals surface area contributed by atoms with E-state index in [4.69, 9.17) is 10.2 Å². The third kappa shape index (κ3) is 4.94. The molecule has 0 aromatic carbocycles. The predicted molar refractivity (Wildman–Crippen MR) is 44.2 cm³/mol. The van der Waals surface area contributed by atoms with Gasteiger partial charge in [-0.2, -0.15) is 0 Å². The van der Waals surface area contributed by atoms with E-state index in [2.05, 4.69) is 6.58 Å². The van der Waals surface area contributed by atoms with Crippen molar-refractivity contribution >= 4 is 11.8 Å². The molecule has 2 unspecified atom stereocenters. The van der Waals surface area contributed by atoms with Gasteiger partial charge in [0, 0.05) is 6.92 Å². The highest BCUT2D eigenvalue weighted by atomic mass is 16.4. The van der Waals surface area contributed by atoms with Crippen LogP contribution in [0.25, 0.3) is 0 Å². The van der Waals surface area contributed by atoms with E-state index in [-0.39, 0.29) is 0 Å². The van der Waals surface area contributed by atoms with Gasteiger partial charge in [0.15, 0.2) is 12.5 Å².